The fraction of sp³-hybridized carbons (Fsp3) is 0.762. The highest BCUT2D eigenvalue weighted by Gasteiger charge is 2.63. The average molecular weight is 388 g/mol. The number of alkyl halides is 4. The van der Waals surface area contributed by atoms with Gasteiger partial charge in [-0.1, -0.05) is 25.8 Å². The molecular weight excluding hydrogens is 360 g/mol. The molecule has 3 aliphatic carbocycles. The van der Waals surface area contributed by atoms with Crippen LogP contribution in [0.15, 0.2) is 23.5 Å². The first-order valence-electron chi connectivity index (χ1n) is 9.99. The van der Waals surface area contributed by atoms with Gasteiger partial charge in [-0.2, -0.15) is 17.6 Å². The van der Waals surface area contributed by atoms with E-state index in [1.807, 2.05) is 0 Å². The van der Waals surface area contributed by atoms with Crippen LogP contribution in [0, 0.1) is 23.7 Å². The summed E-state index contributed by atoms with van der Waals surface area (Å²) in [4.78, 5) is 12.3. The minimum Gasteiger partial charge on any atom is -0.424 e. The molecule has 2 fully saturated rings. The Hall–Kier alpha value is -1.33. The molecule has 0 aliphatic heterocycles. The van der Waals surface area contributed by atoms with Gasteiger partial charge in [0, 0.05) is 5.57 Å². The second kappa shape index (κ2) is 7.59. The number of hydrogen-bond acceptors (Lipinski definition) is 2. The van der Waals surface area contributed by atoms with E-state index in [0.29, 0.717) is 24.7 Å². The van der Waals surface area contributed by atoms with Crippen LogP contribution in [-0.4, -0.2) is 17.8 Å². The van der Waals surface area contributed by atoms with E-state index in [9.17, 15) is 22.4 Å². The Kier molecular flexibility index (Phi) is 5.74. The lowest BCUT2D eigenvalue weighted by Gasteiger charge is -2.37. The van der Waals surface area contributed by atoms with Gasteiger partial charge in [0.2, 0.25) is 0 Å². The summed E-state index contributed by atoms with van der Waals surface area (Å²) >= 11 is 0. The highest BCUT2D eigenvalue weighted by atomic mass is 19.3. The van der Waals surface area contributed by atoms with Crippen molar-refractivity contribution in [3.63, 3.8) is 0 Å². The molecule has 0 radical (unpaired) electrons. The van der Waals surface area contributed by atoms with Gasteiger partial charge in [-0.05, 0) is 69.3 Å². The van der Waals surface area contributed by atoms with Gasteiger partial charge in [-0.15, -0.1) is 0 Å². The smallest absolute Gasteiger partial charge is 0.370 e. The largest absolute Gasteiger partial charge is 0.424 e. The predicted molar refractivity (Wildman–Crippen MR) is 94.4 cm³/mol. The van der Waals surface area contributed by atoms with Crippen LogP contribution in [0.3, 0.4) is 0 Å². The summed E-state index contributed by atoms with van der Waals surface area (Å²) in [7, 11) is 0. The van der Waals surface area contributed by atoms with Gasteiger partial charge in [0.1, 0.15) is 0 Å². The number of esters is 1. The van der Waals surface area contributed by atoms with E-state index in [1.54, 1.807) is 0 Å². The van der Waals surface area contributed by atoms with Crippen molar-refractivity contribution in [2.45, 2.75) is 77.1 Å². The molecule has 3 aliphatic rings. The van der Waals surface area contributed by atoms with Gasteiger partial charge in [-0.3, -0.25) is 4.79 Å². The quantitative estimate of drug-likeness (QED) is 0.420. The third kappa shape index (κ3) is 3.95. The van der Waals surface area contributed by atoms with E-state index in [-0.39, 0.29) is 0 Å². The lowest BCUT2D eigenvalue weighted by atomic mass is 9.69. The summed E-state index contributed by atoms with van der Waals surface area (Å²) in [6.07, 6.45) is 9.54. The molecule has 0 N–H and O–H groups in total. The molecule has 0 atom stereocenters. The molecule has 0 spiro atoms. The molecule has 0 unspecified atom stereocenters. The maximum absolute atomic E-state index is 14.0. The highest BCUT2D eigenvalue weighted by Crippen LogP contribution is 2.48. The lowest BCUT2D eigenvalue weighted by molar-refractivity contribution is -0.191. The Morgan fingerprint density at radius 3 is 1.96 bits per heavy atom. The van der Waals surface area contributed by atoms with Gasteiger partial charge >= 0.3 is 17.8 Å². The van der Waals surface area contributed by atoms with Crippen LogP contribution >= 0.6 is 0 Å². The third-order valence-corrected chi connectivity index (χ3v) is 6.73. The topological polar surface area (TPSA) is 26.3 Å². The van der Waals surface area contributed by atoms with Crippen molar-refractivity contribution >= 4 is 5.97 Å². The fourth-order valence-electron chi connectivity index (χ4n) is 4.69. The summed E-state index contributed by atoms with van der Waals surface area (Å²) in [5.74, 6) is -9.33. The summed E-state index contributed by atoms with van der Waals surface area (Å²) in [5, 5.41) is 0. The number of hydrogen-bond donors (Lipinski definition) is 0. The maximum atomic E-state index is 14.0. The van der Waals surface area contributed by atoms with E-state index >= 15 is 0 Å². The van der Waals surface area contributed by atoms with Gasteiger partial charge in [-0.25, -0.2) is 0 Å². The molecule has 0 aromatic carbocycles. The van der Waals surface area contributed by atoms with Crippen molar-refractivity contribution in [3.8, 4) is 0 Å². The molecule has 0 aromatic rings. The monoisotopic (exact) mass is 388 g/mol. The highest BCUT2D eigenvalue weighted by molar-refractivity contribution is 5.74. The summed E-state index contributed by atoms with van der Waals surface area (Å²) in [6, 6.07) is 0. The second-order valence-corrected chi connectivity index (χ2v) is 8.58. The Bertz CT molecular complexity index is 622. The fourth-order valence-corrected chi connectivity index (χ4v) is 4.69. The van der Waals surface area contributed by atoms with Gasteiger partial charge < -0.3 is 4.74 Å². The molecular formula is C21H28F4O2. The second-order valence-electron chi connectivity index (χ2n) is 8.58. The van der Waals surface area contributed by atoms with Crippen molar-refractivity contribution in [1.82, 2.24) is 0 Å². The molecule has 0 heterocycles. The van der Waals surface area contributed by atoms with Gasteiger partial charge in [0.05, 0.1) is 5.92 Å². The van der Waals surface area contributed by atoms with Crippen molar-refractivity contribution in [2.75, 3.05) is 0 Å². The number of rotatable bonds is 3. The Morgan fingerprint density at radius 2 is 1.41 bits per heavy atom. The van der Waals surface area contributed by atoms with Gasteiger partial charge in [0.15, 0.2) is 5.76 Å². The summed E-state index contributed by atoms with van der Waals surface area (Å²) in [6.45, 7) is 3.22. The zero-order valence-electron chi connectivity index (χ0n) is 15.9. The minimum atomic E-state index is -4.50. The lowest BCUT2D eigenvalue weighted by Crippen LogP contribution is -2.46. The van der Waals surface area contributed by atoms with Crippen LogP contribution in [0.25, 0.3) is 0 Å². The molecule has 2 nitrogen and oxygen atoms in total. The molecule has 0 bridgehead atoms. The van der Waals surface area contributed by atoms with E-state index in [2.05, 4.69) is 6.92 Å². The third-order valence-electron chi connectivity index (χ3n) is 6.73. The first-order valence-corrected chi connectivity index (χ1v) is 9.99. The zero-order chi connectivity index (χ0) is 19.8. The van der Waals surface area contributed by atoms with Crippen molar-refractivity contribution in [2.24, 2.45) is 23.7 Å². The summed E-state index contributed by atoms with van der Waals surface area (Å²) in [5.41, 5.74) is -0.741. The first kappa shape index (κ1) is 20.4. The number of ether oxygens (including phenoxy) is 1. The van der Waals surface area contributed by atoms with Crippen LogP contribution < -0.4 is 0 Å². The molecule has 0 aromatic heterocycles. The van der Waals surface area contributed by atoms with Crippen molar-refractivity contribution in [1.29, 1.82) is 0 Å². The molecule has 27 heavy (non-hydrogen) atoms. The van der Waals surface area contributed by atoms with Crippen LogP contribution in [0.4, 0.5) is 17.6 Å². The number of carbonyl (C=O) groups excluding carboxylic acids is 1. The molecule has 6 heteroatoms. The molecule has 0 saturated heterocycles. The van der Waals surface area contributed by atoms with Crippen LogP contribution in [0.2, 0.25) is 0 Å². The van der Waals surface area contributed by atoms with Crippen LogP contribution in [0.1, 0.15) is 65.2 Å². The van der Waals surface area contributed by atoms with E-state index in [4.69, 9.17) is 4.74 Å². The molecule has 3 rings (SSSR count). The number of halogens is 4. The van der Waals surface area contributed by atoms with Crippen LogP contribution in [0.5, 0.6) is 0 Å². The minimum absolute atomic E-state index is 0.485. The Labute approximate surface area is 158 Å². The standard InChI is InChI=1S/C21H28F4O2/c1-13-3-6-15(7-4-13)16-8-10-17(11-9-16)19(26)27-18-12-5-14(2)20(22,23)21(18,24)25/h5,12-13,15-17H,3-4,6-11H2,1-2H3. The first-order chi connectivity index (χ1) is 12.6. The van der Waals surface area contributed by atoms with E-state index < -0.39 is 35.1 Å². The molecule has 152 valence electrons. The number of allylic oxidation sites excluding steroid dienone is 4. The SMILES string of the molecule is CC1=CC=C(OC(=O)C2CCC(C3CCC(C)CC3)CC2)C(F)(F)C1(F)F. The molecule has 2 saturated carbocycles. The van der Waals surface area contributed by atoms with Crippen LogP contribution in [-0.2, 0) is 9.53 Å². The normalized spacial score (nSPS) is 35.8. The van der Waals surface area contributed by atoms with E-state index in [1.165, 1.54) is 25.7 Å². The predicted octanol–water partition coefficient (Wildman–Crippen LogP) is 6.28. The Balaban J connectivity index is 1.56. The number of carbonyl (C=O) groups is 1. The van der Waals surface area contributed by atoms with Gasteiger partial charge in [0.25, 0.3) is 0 Å². The zero-order valence-corrected chi connectivity index (χ0v) is 15.9. The van der Waals surface area contributed by atoms with Crippen molar-refractivity contribution < 1.29 is 27.1 Å². The van der Waals surface area contributed by atoms with Crippen molar-refractivity contribution in [3.05, 3.63) is 23.5 Å². The average Bonchev–Trinajstić information content (AvgIpc) is 2.64. The molecule has 0 amide bonds. The maximum Gasteiger partial charge on any atom is 0.370 e. The van der Waals surface area contributed by atoms with E-state index in [0.717, 1.165) is 37.8 Å². The summed E-state index contributed by atoms with van der Waals surface area (Å²) < 4.78 is 60.3. The Morgan fingerprint density at radius 1 is 0.889 bits per heavy atom.